The van der Waals surface area contributed by atoms with E-state index in [1.54, 1.807) is 12.4 Å². The summed E-state index contributed by atoms with van der Waals surface area (Å²) in [7, 11) is 0. The molecule has 9 heteroatoms. The molecule has 0 saturated carbocycles. The summed E-state index contributed by atoms with van der Waals surface area (Å²) in [6.45, 7) is 1.12. The molecule has 6 nitrogen and oxygen atoms in total. The van der Waals surface area contributed by atoms with Crippen molar-refractivity contribution in [3.8, 4) is 0 Å². The fourth-order valence-corrected chi connectivity index (χ4v) is 4.42. The molecule has 2 saturated heterocycles. The van der Waals surface area contributed by atoms with Gasteiger partial charge in [-0.3, -0.25) is 9.78 Å². The van der Waals surface area contributed by atoms with E-state index in [2.05, 4.69) is 19.9 Å². The number of fused-ring (bicyclic) bond motifs is 1. The van der Waals surface area contributed by atoms with Crippen LogP contribution in [0.1, 0.15) is 32.1 Å². The smallest absolute Gasteiger partial charge is 0.353 e. The number of rotatable bonds is 2. The summed E-state index contributed by atoms with van der Waals surface area (Å²) in [6.07, 6.45) is 2.72. The van der Waals surface area contributed by atoms with E-state index in [9.17, 15) is 18.0 Å². The molecule has 2 aromatic heterocycles. The first-order valence-corrected chi connectivity index (χ1v) is 9.64. The van der Waals surface area contributed by atoms with E-state index < -0.39 is 12.1 Å². The van der Waals surface area contributed by atoms with Crippen molar-refractivity contribution in [1.82, 2.24) is 19.9 Å². The van der Waals surface area contributed by atoms with E-state index in [1.165, 1.54) is 0 Å². The summed E-state index contributed by atoms with van der Waals surface area (Å²) >= 11 is 0. The minimum absolute atomic E-state index is 0.000274. The van der Waals surface area contributed by atoms with Gasteiger partial charge < -0.3 is 9.80 Å². The molecule has 0 aliphatic carbocycles. The number of hydrogen-bond donors (Lipinski definition) is 0. The highest BCUT2D eigenvalue weighted by molar-refractivity contribution is 5.82. The lowest BCUT2D eigenvalue weighted by Gasteiger charge is -2.44. The Bertz CT molecular complexity index is 859. The van der Waals surface area contributed by atoms with Crippen LogP contribution in [-0.4, -0.2) is 57.6 Å². The third-order valence-corrected chi connectivity index (χ3v) is 5.69. The maximum Gasteiger partial charge on any atom is 0.471 e. The molecule has 150 valence electrons. The topological polar surface area (TPSA) is 62.2 Å². The number of carbonyl (C=O) groups is 1. The first-order chi connectivity index (χ1) is 13.4. The number of hydrogen-bond acceptors (Lipinski definition) is 5. The second-order valence-corrected chi connectivity index (χ2v) is 7.48. The van der Waals surface area contributed by atoms with Crippen molar-refractivity contribution in [2.24, 2.45) is 5.92 Å². The van der Waals surface area contributed by atoms with Gasteiger partial charge in [0, 0.05) is 38.1 Å². The van der Waals surface area contributed by atoms with Gasteiger partial charge in [-0.05, 0) is 50.2 Å². The molecule has 2 aliphatic heterocycles. The van der Waals surface area contributed by atoms with Gasteiger partial charge in [-0.1, -0.05) is 0 Å². The molecule has 4 heterocycles. The molecule has 0 radical (unpaired) electrons. The standard InChI is InChI=1S/C19H22F3N5O/c20-19(21,22)18(28)26-10-3-4-13(12-26)15-5-1-2-11-27(15)16-7-6-14-17(25-16)24-9-8-23-14/h6-9,13,15H,1-5,10-12H2. The van der Waals surface area contributed by atoms with E-state index in [-0.39, 0.29) is 25.0 Å². The van der Waals surface area contributed by atoms with Crippen LogP contribution in [0, 0.1) is 5.92 Å². The number of halogens is 3. The van der Waals surface area contributed by atoms with Gasteiger partial charge in [0.1, 0.15) is 11.3 Å². The highest BCUT2D eigenvalue weighted by Crippen LogP contribution is 2.34. The molecule has 2 fully saturated rings. The van der Waals surface area contributed by atoms with E-state index >= 15 is 0 Å². The van der Waals surface area contributed by atoms with Crippen LogP contribution in [-0.2, 0) is 4.79 Å². The molecule has 0 bridgehead atoms. The Kier molecular flexibility index (Phi) is 5.07. The molecule has 0 N–H and O–H groups in total. The van der Waals surface area contributed by atoms with E-state index in [4.69, 9.17) is 0 Å². The lowest BCUT2D eigenvalue weighted by atomic mass is 9.84. The second-order valence-electron chi connectivity index (χ2n) is 7.48. The lowest BCUT2D eigenvalue weighted by molar-refractivity contribution is -0.187. The molecular formula is C19H22F3N5O. The summed E-state index contributed by atoms with van der Waals surface area (Å²) < 4.78 is 38.6. The zero-order valence-corrected chi connectivity index (χ0v) is 15.4. The Morgan fingerprint density at radius 1 is 1.04 bits per heavy atom. The number of aromatic nitrogens is 3. The van der Waals surface area contributed by atoms with Crippen LogP contribution >= 0.6 is 0 Å². The molecular weight excluding hydrogens is 371 g/mol. The van der Waals surface area contributed by atoms with Gasteiger partial charge in [0.25, 0.3) is 0 Å². The van der Waals surface area contributed by atoms with E-state index in [0.29, 0.717) is 17.6 Å². The zero-order chi connectivity index (χ0) is 19.7. The molecule has 2 atom stereocenters. The van der Waals surface area contributed by atoms with Crippen LogP contribution in [0.3, 0.4) is 0 Å². The number of likely N-dealkylation sites (tertiary alicyclic amines) is 1. The van der Waals surface area contributed by atoms with Crippen LogP contribution in [0.5, 0.6) is 0 Å². The van der Waals surface area contributed by atoms with Crippen molar-refractivity contribution < 1.29 is 18.0 Å². The summed E-state index contributed by atoms with van der Waals surface area (Å²) in [6, 6.07) is 3.84. The minimum atomic E-state index is -4.81. The second kappa shape index (κ2) is 7.52. The Labute approximate surface area is 160 Å². The number of alkyl halides is 3. The van der Waals surface area contributed by atoms with Crippen molar-refractivity contribution in [3.05, 3.63) is 24.5 Å². The van der Waals surface area contributed by atoms with Gasteiger partial charge in [-0.15, -0.1) is 0 Å². The largest absolute Gasteiger partial charge is 0.471 e. The number of nitrogens with zero attached hydrogens (tertiary/aromatic N) is 5. The number of carbonyl (C=O) groups excluding carboxylic acids is 1. The van der Waals surface area contributed by atoms with Gasteiger partial charge in [-0.25, -0.2) is 9.97 Å². The molecule has 2 unspecified atom stereocenters. The fraction of sp³-hybridized carbons (Fsp3) is 0.579. The Balaban J connectivity index is 1.57. The maximum absolute atomic E-state index is 12.9. The summed E-state index contributed by atoms with van der Waals surface area (Å²) in [5.74, 6) is -0.949. The van der Waals surface area contributed by atoms with Gasteiger partial charge in [0.2, 0.25) is 0 Å². The quantitative estimate of drug-likeness (QED) is 0.784. The van der Waals surface area contributed by atoms with Crippen molar-refractivity contribution in [2.75, 3.05) is 24.5 Å². The number of piperidine rings is 2. The number of anilines is 1. The van der Waals surface area contributed by atoms with Crippen LogP contribution in [0.4, 0.5) is 19.0 Å². The van der Waals surface area contributed by atoms with Crippen LogP contribution in [0.15, 0.2) is 24.5 Å². The Morgan fingerprint density at radius 3 is 2.68 bits per heavy atom. The first kappa shape index (κ1) is 18.9. The normalized spacial score (nSPS) is 23.8. The monoisotopic (exact) mass is 393 g/mol. The molecule has 1 amide bonds. The number of pyridine rings is 1. The fourth-order valence-electron chi connectivity index (χ4n) is 4.42. The Hall–Kier alpha value is -2.45. The van der Waals surface area contributed by atoms with Crippen molar-refractivity contribution >= 4 is 22.9 Å². The van der Waals surface area contributed by atoms with Crippen molar-refractivity contribution in [2.45, 2.75) is 44.3 Å². The van der Waals surface area contributed by atoms with Crippen LogP contribution in [0.25, 0.3) is 11.2 Å². The highest BCUT2D eigenvalue weighted by atomic mass is 19.4. The van der Waals surface area contributed by atoms with E-state index in [0.717, 1.165) is 42.9 Å². The van der Waals surface area contributed by atoms with Crippen molar-refractivity contribution in [1.29, 1.82) is 0 Å². The predicted molar refractivity (Wildman–Crippen MR) is 97.7 cm³/mol. The van der Waals surface area contributed by atoms with Crippen LogP contribution in [0.2, 0.25) is 0 Å². The minimum Gasteiger partial charge on any atom is -0.353 e. The SMILES string of the molecule is O=C(N1CCCC(C2CCCCN2c2ccc3nccnc3n2)C1)C(F)(F)F. The molecule has 4 rings (SSSR count). The number of amides is 1. The highest BCUT2D eigenvalue weighted by Gasteiger charge is 2.45. The molecule has 2 aliphatic rings. The lowest BCUT2D eigenvalue weighted by Crippen LogP contribution is -2.53. The zero-order valence-electron chi connectivity index (χ0n) is 15.4. The summed E-state index contributed by atoms with van der Waals surface area (Å²) in [5, 5.41) is 0. The third kappa shape index (κ3) is 3.74. The molecule has 28 heavy (non-hydrogen) atoms. The molecule has 2 aromatic rings. The summed E-state index contributed by atoms with van der Waals surface area (Å²) in [4.78, 5) is 28.0. The molecule has 0 spiro atoms. The van der Waals surface area contributed by atoms with Gasteiger partial charge >= 0.3 is 12.1 Å². The van der Waals surface area contributed by atoms with Crippen molar-refractivity contribution in [3.63, 3.8) is 0 Å². The summed E-state index contributed by atoms with van der Waals surface area (Å²) in [5.41, 5.74) is 1.27. The maximum atomic E-state index is 12.9. The van der Waals surface area contributed by atoms with Gasteiger partial charge in [0.05, 0.1) is 0 Å². The first-order valence-electron chi connectivity index (χ1n) is 9.64. The molecule has 0 aromatic carbocycles. The van der Waals surface area contributed by atoms with Gasteiger partial charge in [0.15, 0.2) is 5.65 Å². The average molecular weight is 393 g/mol. The van der Waals surface area contributed by atoms with Gasteiger partial charge in [-0.2, -0.15) is 13.2 Å². The average Bonchev–Trinajstić information content (AvgIpc) is 2.72. The third-order valence-electron chi connectivity index (χ3n) is 5.69. The van der Waals surface area contributed by atoms with Crippen LogP contribution < -0.4 is 4.90 Å². The van der Waals surface area contributed by atoms with E-state index in [1.807, 2.05) is 12.1 Å². The predicted octanol–water partition coefficient (Wildman–Crippen LogP) is 3.18. The Morgan fingerprint density at radius 2 is 1.86 bits per heavy atom.